The third kappa shape index (κ3) is 2.94. The Balaban J connectivity index is 1.65. The van der Waals surface area contributed by atoms with Gasteiger partial charge in [0.1, 0.15) is 6.26 Å². The number of oxazole rings is 1. The van der Waals surface area contributed by atoms with Gasteiger partial charge in [-0.05, 0) is 25.7 Å². The number of rotatable bonds is 2. The lowest BCUT2D eigenvalue weighted by atomic mass is 9.96. The van der Waals surface area contributed by atoms with Crippen molar-refractivity contribution in [1.82, 2.24) is 14.8 Å². The lowest BCUT2D eigenvalue weighted by Gasteiger charge is -2.33. The van der Waals surface area contributed by atoms with Crippen LogP contribution in [0.2, 0.25) is 0 Å². The zero-order valence-electron chi connectivity index (χ0n) is 12.4. The van der Waals surface area contributed by atoms with Crippen molar-refractivity contribution in [1.29, 1.82) is 0 Å². The van der Waals surface area contributed by atoms with Crippen molar-refractivity contribution < 1.29 is 14.0 Å². The van der Waals surface area contributed by atoms with Crippen LogP contribution in [-0.2, 0) is 4.79 Å². The number of carbonyl (C=O) groups excluding carboxylic acids is 2. The molecule has 1 aromatic rings. The molecule has 6 nitrogen and oxygen atoms in total. The van der Waals surface area contributed by atoms with Crippen LogP contribution in [-0.4, -0.2) is 52.8 Å². The molecule has 3 rings (SSSR count). The quantitative estimate of drug-likeness (QED) is 0.827. The molecule has 6 heteroatoms. The molecular formula is C15H21N3O3. The first-order valence-electron chi connectivity index (χ1n) is 7.65. The summed E-state index contributed by atoms with van der Waals surface area (Å²) in [4.78, 5) is 32.6. The molecule has 0 saturated carbocycles. The molecule has 3 heterocycles. The first-order valence-corrected chi connectivity index (χ1v) is 7.65. The van der Waals surface area contributed by atoms with Crippen molar-refractivity contribution >= 4 is 11.8 Å². The van der Waals surface area contributed by atoms with Crippen molar-refractivity contribution in [2.45, 2.75) is 32.6 Å². The minimum Gasteiger partial charge on any atom is -0.448 e. The molecule has 0 N–H and O–H groups in total. The second-order valence-electron chi connectivity index (χ2n) is 5.87. The summed E-state index contributed by atoms with van der Waals surface area (Å²) in [5.41, 5.74) is 0.335. The molecule has 0 aromatic carbocycles. The van der Waals surface area contributed by atoms with Crippen molar-refractivity contribution in [2.24, 2.45) is 5.92 Å². The van der Waals surface area contributed by atoms with E-state index in [-0.39, 0.29) is 17.7 Å². The molecule has 2 aliphatic rings. The monoisotopic (exact) mass is 291 g/mol. The van der Waals surface area contributed by atoms with Crippen molar-refractivity contribution in [3.8, 4) is 0 Å². The van der Waals surface area contributed by atoms with Crippen LogP contribution < -0.4 is 0 Å². The summed E-state index contributed by atoms with van der Waals surface area (Å²) in [5.74, 6) is 0.501. The van der Waals surface area contributed by atoms with Crippen LogP contribution in [0.3, 0.4) is 0 Å². The highest BCUT2D eigenvalue weighted by atomic mass is 16.3. The highest BCUT2D eigenvalue weighted by Crippen LogP contribution is 2.22. The number of hydrogen-bond donors (Lipinski definition) is 0. The molecule has 21 heavy (non-hydrogen) atoms. The van der Waals surface area contributed by atoms with Gasteiger partial charge >= 0.3 is 0 Å². The lowest BCUT2D eigenvalue weighted by Crippen LogP contribution is -2.46. The Bertz CT molecular complexity index is 534. The number of amides is 2. The molecule has 114 valence electrons. The number of aromatic nitrogens is 1. The van der Waals surface area contributed by atoms with Crippen LogP contribution >= 0.6 is 0 Å². The average Bonchev–Trinajstić information content (AvgIpc) is 3.17. The summed E-state index contributed by atoms with van der Waals surface area (Å²) in [6, 6.07) is 0. The van der Waals surface area contributed by atoms with Gasteiger partial charge in [-0.15, -0.1) is 0 Å². The van der Waals surface area contributed by atoms with Gasteiger partial charge in [0.05, 0.1) is 5.92 Å². The molecule has 2 amide bonds. The van der Waals surface area contributed by atoms with Crippen molar-refractivity contribution in [2.75, 3.05) is 26.2 Å². The smallest absolute Gasteiger partial charge is 0.275 e. The second kappa shape index (κ2) is 5.87. The molecule has 0 spiro atoms. The summed E-state index contributed by atoms with van der Waals surface area (Å²) in [6.45, 7) is 4.64. The van der Waals surface area contributed by atoms with Gasteiger partial charge in [0.25, 0.3) is 5.91 Å². The summed E-state index contributed by atoms with van der Waals surface area (Å²) in [6.07, 6.45) is 5.33. The summed E-state index contributed by atoms with van der Waals surface area (Å²) in [7, 11) is 0. The van der Waals surface area contributed by atoms with E-state index in [1.54, 1.807) is 11.8 Å². The molecule has 2 aliphatic heterocycles. The normalized spacial score (nSPS) is 22.6. The second-order valence-corrected chi connectivity index (χ2v) is 5.87. The van der Waals surface area contributed by atoms with E-state index < -0.39 is 0 Å². The van der Waals surface area contributed by atoms with E-state index >= 15 is 0 Å². The van der Waals surface area contributed by atoms with Crippen LogP contribution in [0, 0.1) is 12.8 Å². The third-order valence-electron chi connectivity index (χ3n) is 4.31. The average molecular weight is 291 g/mol. The zero-order chi connectivity index (χ0) is 14.8. The maximum absolute atomic E-state index is 12.5. The minimum absolute atomic E-state index is 0.0613. The first-order chi connectivity index (χ1) is 10.1. The Kier molecular flexibility index (Phi) is 3.94. The summed E-state index contributed by atoms with van der Waals surface area (Å²) < 4.78 is 5.10. The molecule has 0 unspecified atom stereocenters. The van der Waals surface area contributed by atoms with Gasteiger partial charge in [-0.25, -0.2) is 4.98 Å². The highest BCUT2D eigenvalue weighted by Gasteiger charge is 2.33. The van der Waals surface area contributed by atoms with Crippen molar-refractivity contribution in [3.05, 3.63) is 17.8 Å². The maximum atomic E-state index is 12.5. The molecule has 0 aliphatic carbocycles. The predicted molar refractivity (Wildman–Crippen MR) is 75.7 cm³/mol. The number of nitrogens with zero attached hydrogens (tertiary/aromatic N) is 3. The van der Waals surface area contributed by atoms with E-state index in [0.29, 0.717) is 24.7 Å². The molecular weight excluding hydrogens is 270 g/mol. The lowest BCUT2D eigenvalue weighted by molar-refractivity contribution is -0.135. The van der Waals surface area contributed by atoms with Gasteiger partial charge in [0.2, 0.25) is 5.91 Å². The molecule has 1 aromatic heterocycles. The van der Waals surface area contributed by atoms with Gasteiger partial charge in [-0.2, -0.15) is 0 Å². The standard InChI is InChI=1S/C15H21N3O3/c1-11-16-13(10-21-11)15(20)18-8-4-5-12(9-18)14(19)17-6-2-3-7-17/h10,12H,2-9H2,1H3/t12-/m1/s1. The first kappa shape index (κ1) is 14.1. The Labute approximate surface area is 124 Å². The molecule has 0 radical (unpaired) electrons. The van der Waals surface area contributed by atoms with E-state index in [1.807, 2.05) is 4.90 Å². The van der Waals surface area contributed by atoms with Crippen LogP contribution in [0.4, 0.5) is 0 Å². The number of carbonyl (C=O) groups is 2. The summed E-state index contributed by atoms with van der Waals surface area (Å²) >= 11 is 0. The topological polar surface area (TPSA) is 66.7 Å². The number of aryl methyl sites for hydroxylation is 1. The van der Waals surface area contributed by atoms with Gasteiger partial charge < -0.3 is 14.2 Å². The van der Waals surface area contributed by atoms with Crippen LogP contribution in [0.1, 0.15) is 42.1 Å². The SMILES string of the molecule is Cc1nc(C(=O)N2CCC[C@@H](C(=O)N3CCCC3)C2)co1. The Morgan fingerprint density at radius 1 is 1.19 bits per heavy atom. The highest BCUT2D eigenvalue weighted by molar-refractivity contribution is 5.92. The van der Waals surface area contributed by atoms with E-state index in [1.165, 1.54) is 6.26 Å². The van der Waals surface area contributed by atoms with Gasteiger partial charge in [0.15, 0.2) is 11.6 Å². The number of piperidine rings is 1. The van der Waals surface area contributed by atoms with Crippen LogP contribution in [0.25, 0.3) is 0 Å². The fraction of sp³-hybridized carbons (Fsp3) is 0.667. The van der Waals surface area contributed by atoms with E-state index in [2.05, 4.69) is 4.98 Å². The van der Waals surface area contributed by atoms with Crippen molar-refractivity contribution in [3.63, 3.8) is 0 Å². The predicted octanol–water partition coefficient (Wildman–Crippen LogP) is 1.46. The van der Waals surface area contributed by atoms with Gasteiger partial charge in [-0.1, -0.05) is 0 Å². The molecule has 2 fully saturated rings. The fourth-order valence-corrected chi connectivity index (χ4v) is 3.18. The Morgan fingerprint density at radius 3 is 2.57 bits per heavy atom. The Hall–Kier alpha value is -1.85. The number of likely N-dealkylation sites (tertiary alicyclic amines) is 2. The largest absolute Gasteiger partial charge is 0.448 e. The van der Waals surface area contributed by atoms with Crippen LogP contribution in [0.15, 0.2) is 10.7 Å². The minimum atomic E-state index is -0.134. The fourth-order valence-electron chi connectivity index (χ4n) is 3.18. The molecule has 2 saturated heterocycles. The zero-order valence-corrected chi connectivity index (χ0v) is 12.4. The van der Waals surface area contributed by atoms with Crippen LogP contribution in [0.5, 0.6) is 0 Å². The molecule has 1 atom stereocenters. The van der Waals surface area contributed by atoms with Gasteiger partial charge in [-0.3, -0.25) is 9.59 Å². The van der Waals surface area contributed by atoms with E-state index in [9.17, 15) is 9.59 Å². The van der Waals surface area contributed by atoms with Gasteiger partial charge in [0, 0.05) is 33.1 Å². The van der Waals surface area contributed by atoms with E-state index in [4.69, 9.17) is 4.42 Å². The maximum Gasteiger partial charge on any atom is 0.275 e. The van der Waals surface area contributed by atoms with E-state index in [0.717, 1.165) is 38.8 Å². The summed E-state index contributed by atoms with van der Waals surface area (Å²) in [5, 5.41) is 0. The molecule has 0 bridgehead atoms. The number of hydrogen-bond acceptors (Lipinski definition) is 4. The third-order valence-corrected chi connectivity index (χ3v) is 4.31. The Morgan fingerprint density at radius 2 is 1.90 bits per heavy atom.